The Morgan fingerprint density at radius 3 is 2.40 bits per heavy atom. The number of carbonyl (C=O) groups is 2. The van der Waals surface area contributed by atoms with Crippen LogP contribution in [0, 0.1) is 5.82 Å². The van der Waals surface area contributed by atoms with Crippen molar-refractivity contribution in [3.63, 3.8) is 0 Å². The third-order valence-corrected chi connectivity index (χ3v) is 7.18. The van der Waals surface area contributed by atoms with Crippen LogP contribution in [0.3, 0.4) is 0 Å². The van der Waals surface area contributed by atoms with Gasteiger partial charge in [-0.2, -0.15) is 0 Å². The molecule has 0 atom stereocenters. The summed E-state index contributed by atoms with van der Waals surface area (Å²) in [7, 11) is 3.13. The zero-order valence-electron chi connectivity index (χ0n) is 24.2. The van der Waals surface area contributed by atoms with Crippen molar-refractivity contribution >= 4 is 17.8 Å². The molecule has 0 saturated carbocycles. The van der Waals surface area contributed by atoms with Gasteiger partial charge in [0.1, 0.15) is 23.9 Å². The average molecular weight is 588 g/mol. The Balaban J connectivity index is 1.39. The van der Waals surface area contributed by atoms with Gasteiger partial charge in [-0.1, -0.05) is 6.07 Å². The maximum Gasteiger partial charge on any atom is 0.254 e. The summed E-state index contributed by atoms with van der Waals surface area (Å²) in [6, 6.07) is 20.1. The predicted octanol–water partition coefficient (Wildman–Crippen LogP) is 4.11. The van der Waals surface area contributed by atoms with Crippen molar-refractivity contribution in [3.05, 3.63) is 90.4 Å². The minimum atomic E-state index is -0.423. The number of aromatic nitrogens is 2. The Morgan fingerprint density at radius 2 is 1.70 bits per heavy atom. The molecule has 2 amide bonds. The van der Waals surface area contributed by atoms with Gasteiger partial charge in [0.25, 0.3) is 5.91 Å². The molecule has 1 fully saturated rings. The van der Waals surface area contributed by atoms with Gasteiger partial charge in [-0.3, -0.25) is 24.4 Å². The predicted molar refractivity (Wildman–Crippen MR) is 160 cm³/mol. The van der Waals surface area contributed by atoms with Gasteiger partial charge in [-0.15, -0.1) is 0 Å². The van der Waals surface area contributed by atoms with Crippen LogP contribution in [0.25, 0.3) is 16.9 Å². The fraction of sp³-hybridized carbons (Fsp3) is 0.281. The van der Waals surface area contributed by atoms with Crippen LogP contribution < -0.4 is 14.8 Å². The van der Waals surface area contributed by atoms with Gasteiger partial charge in [0, 0.05) is 49.2 Å². The molecule has 1 saturated heterocycles. The number of nitrogens with one attached hydrogen (secondary N) is 1. The van der Waals surface area contributed by atoms with Gasteiger partial charge < -0.3 is 19.1 Å². The number of hydrogen-bond acceptors (Lipinski definition) is 7. The normalized spacial score (nSPS) is 13.4. The molecule has 4 aromatic rings. The first-order valence-electron chi connectivity index (χ1n) is 14.0. The quantitative estimate of drug-likeness (QED) is 0.282. The molecular weight excluding hydrogens is 553 g/mol. The number of anilines is 1. The molecule has 10 nitrogen and oxygen atoms in total. The van der Waals surface area contributed by atoms with Gasteiger partial charge in [-0.25, -0.2) is 9.37 Å². The monoisotopic (exact) mass is 587 g/mol. The van der Waals surface area contributed by atoms with Crippen LogP contribution in [0.1, 0.15) is 10.4 Å². The van der Waals surface area contributed by atoms with E-state index in [0.717, 1.165) is 18.7 Å². The number of rotatable bonds is 11. The lowest BCUT2D eigenvalue weighted by Crippen LogP contribution is -2.45. The lowest BCUT2D eigenvalue weighted by molar-refractivity contribution is -0.117. The van der Waals surface area contributed by atoms with E-state index < -0.39 is 5.91 Å². The third kappa shape index (κ3) is 7.56. The van der Waals surface area contributed by atoms with Crippen LogP contribution in [-0.2, 0) is 9.53 Å². The first-order chi connectivity index (χ1) is 20.9. The molecule has 224 valence electrons. The van der Waals surface area contributed by atoms with Crippen molar-refractivity contribution in [3.8, 4) is 28.4 Å². The number of hydrogen-bond donors (Lipinski definition) is 1. The number of halogens is 1. The fourth-order valence-electron chi connectivity index (χ4n) is 4.78. The van der Waals surface area contributed by atoms with E-state index in [1.165, 1.54) is 24.1 Å². The number of ether oxygens (including phenoxy) is 3. The molecule has 1 aliphatic rings. The van der Waals surface area contributed by atoms with Crippen molar-refractivity contribution in [2.24, 2.45) is 0 Å². The van der Waals surface area contributed by atoms with E-state index in [4.69, 9.17) is 14.2 Å². The van der Waals surface area contributed by atoms with E-state index in [-0.39, 0.29) is 24.2 Å². The average Bonchev–Trinajstić information content (AvgIpc) is 3.47. The highest BCUT2D eigenvalue weighted by Gasteiger charge is 2.23. The number of methoxy groups -OCH3 is 2. The van der Waals surface area contributed by atoms with Crippen molar-refractivity contribution < 1.29 is 28.2 Å². The van der Waals surface area contributed by atoms with Gasteiger partial charge in [-0.05, 0) is 66.7 Å². The van der Waals surface area contributed by atoms with Crippen molar-refractivity contribution in [2.75, 3.05) is 65.5 Å². The van der Waals surface area contributed by atoms with E-state index in [0.29, 0.717) is 54.7 Å². The SMILES string of the molecule is COc1ccc(-c2cn(-c3ccc(F)cc3)c(NC(=O)CN(CCN3CCOCC3)C(=O)c3cccc(OC)c3)n2)cc1. The maximum absolute atomic E-state index is 13.7. The smallest absolute Gasteiger partial charge is 0.254 e. The van der Waals surface area contributed by atoms with E-state index in [9.17, 15) is 14.0 Å². The number of imidazole rings is 1. The maximum atomic E-state index is 13.7. The Hall–Kier alpha value is -4.74. The minimum Gasteiger partial charge on any atom is -0.497 e. The molecular formula is C32H34FN5O5. The lowest BCUT2D eigenvalue weighted by Gasteiger charge is -2.30. The summed E-state index contributed by atoms with van der Waals surface area (Å²) in [6.45, 7) is 3.52. The molecule has 1 N–H and O–H groups in total. The van der Waals surface area contributed by atoms with Gasteiger partial charge in [0.2, 0.25) is 11.9 Å². The summed E-state index contributed by atoms with van der Waals surface area (Å²) in [5.41, 5.74) is 2.43. The second kappa shape index (κ2) is 14.0. The summed E-state index contributed by atoms with van der Waals surface area (Å²) in [4.78, 5) is 35.5. The first-order valence-corrected chi connectivity index (χ1v) is 14.0. The lowest BCUT2D eigenvalue weighted by atomic mass is 10.1. The summed E-state index contributed by atoms with van der Waals surface area (Å²) >= 11 is 0. The Labute approximate surface area is 249 Å². The molecule has 0 spiro atoms. The number of nitrogens with zero attached hydrogens (tertiary/aromatic N) is 4. The molecule has 5 rings (SSSR count). The van der Waals surface area contributed by atoms with E-state index >= 15 is 0 Å². The number of benzene rings is 3. The van der Waals surface area contributed by atoms with E-state index in [1.807, 2.05) is 24.3 Å². The highest BCUT2D eigenvalue weighted by Crippen LogP contribution is 2.26. The molecule has 0 bridgehead atoms. The van der Waals surface area contributed by atoms with Crippen LogP contribution in [0.5, 0.6) is 11.5 Å². The summed E-state index contributed by atoms with van der Waals surface area (Å²) in [5, 5.41) is 2.88. The van der Waals surface area contributed by atoms with Crippen LogP contribution in [-0.4, -0.2) is 91.3 Å². The topological polar surface area (TPSA) is 98.2 Å². The Kier molecular flexibility index (Phi) is 9.65. The Morgan fingerprint density at radius 1 is 0.977 bits per heavy atom. The van der Waals surface area contributed by atoms with Gasteiger partial charge in [0.05, 0.1) is 33.1 Å². The minimum absolute atomic E-state index is 0.200. The number of carbonyl (C=O) groups excluding carboxylic acids is 2. The standard InChI is InChI=1S/C32H34FN5O5/c1-41-27-12-6-23(7-13-27)29-21-38(26-10-8-25(33)9-11-26)32(34-29)35-30(39)22-37(15-14-36-16-18-43-19-17-36)31(40)24-4-3-5-28(20-24)42-2/h3-13,20-21H,14-19,22H2,1-2H3,(H,34,35,39). The molecule has 3 aromatic carbocycles. The zero-order chi connectivity index (χ0) is 30.2. The molecule has 11 heteroatoms. The highest BCUT2D eigenvalue weighted by atomic mass is 19.1. The molecule has 2 heterocycles. The van der Waals surface area contributed by atoms with Crippen LogP contribution in [0.4, 0.5) is 10.3 Å². The molecule has 0 radical (unpaired) electrons. The van der Waals surface area contributed by atoms with Gasteiger partial charge in [0.15, 0.2) is 0 Å². The third-order valence-electron chi connectivity index (χ3n) is 7.18. The highest BCUT2D eigenvalue weighted by molar-refractivity contribution is 5.99. The van der Waals surface area contributed by atoms with E-state index in [2.05, 4.69) is 15.2 Å². The summed E-state index contributed by atoms with van der Waals surface area (Å²) < 4.78 is 31.4. The van der Waals surface area contributed by atoms with Crippen molar-refractivity contribution in [1.29, 1.82) is 0 Å². The zero-order valence-corrected chi connectivity index (χ0v) is 24.2. The molecule has 1 aromatic heterocycles. The molecule has 0 unspecified atom stereocenters. The molecule has 1 aliphatic heterocycles. The largest absolute Gasteiger partial charge is 0.497 e. The Bertz CT molecular complexity index is 1530. The molecule has 43 heavy (non-hydrogen) atoms. The fourth-order valence-corrected chi connectivity index (χ4v) is 4.78. The van der Waals surface area contributed by atoms with Gasteiger partial charge >= 0.3 is 0 Å². The summed E-state index contributed by atoms with van der Waals surface area (Å²) in [5.74, 6) is 0.404. The van der Waals surface area contributed by atoms with Crippen LogP contribution in [0.15, 0.2) is 79.0 Å². The summed E-state index contributed by atoms with van der Waals surface area (Å²) in [6.07, 6.45) is 1.77. The first kappa shape index (κ1) is 29.7. The van der Waals surface area contributed by atoms with Crippen molar-refractivity contribution in [2.45, 2.75) is 0 Å². The second-order valence-electron chi connectivity index (χ2n) is 9.99. The number of amides is 2. The van der Waals surface area contributed by atoms with Crippen LogP contribution in [0.2, 0.25) is 0 Å². The molecule has 0 aliphatic carbocycles. The number of morpholine rings is 1. The van der Waals surface area contributed by atoms with Crippen LogP contribution >= 0.6 is 0 Å². The van der Waals surface area contributed by atoms with Crippen molar-refractivity contribution in [1.82, 2.24) is 19.4 Å². The second-order valence-corrected chi connectivity index (χ2v) is 9.99. The van der Waals surface area contributed by atoms with E-state index in [1.54, 1.807) is 54.3 Å².